The van der Waals surface area contributed by atoms with Crippen LogP contribution in [-0.4, -0.2) is 54.6 Å². The Morgan fingerprint density at radius 2 is 1.78 bits per heavy atom. The Labute approximate surface area is 206 Å². The quantitative estimate of drug-likeness (QED) is 0.525. The molecule has 1 aliphatic heterocycles. The van der Waals surface area contributed by atoms with Gasteiger partial charge in [-0.25, -0.2) is 19.7 Å². The number of piperazine rings is 1. The minimum Gasteiger partial charge on any atom is -0.349 e. The maximum atomic E-state index is 12.9. The predicted octanol–water partition coefficient (Wildman–Crippen LogP) is 3.45. The number of hydrogen-bond donors (Lipinski definition) is 0. The van der Waals surface area contributed by atoms with Crippen molar-refractivity contribution in [3.05, 3.63) is 52.1 Å². The van der Waals surface area contributed by atoms with Gasteiger partial charge in [-0.2, -0.15) is 23.4 Å². The van der Waals surface area contributed by atoms with E-state index in [2.05, 4.69) is 29.7 Å². The summed E-state index contributed by atoms with van der Waals surface area (Å²) in [5.74, 6) is -0.713. The molecule has 0 N–H and O–H groups in total. The lowest BCUT2D eigenvalue weighted by Crippen LogP contribution is -2.59. The first kappa shape index (κ1) is 25.5. The van der Waals surface area contributed by atoms with Crippen molar-refractivity contribution in [3.63, 3.8) is 0 Å². The molecule has 190 valence electrons. The number of fused-ring (bicyclic) bond motifs is 1. The van der Waals surface area contributed by atoms with Crippen molar-refractivity contribution in [2.75, 3.05) is 18.0 Å². The zero-order chi connectivity index (χ0) is 26.2. The van der Waals surface area contributed by atoms with Crippen LogP contribution in [0.4, 0.5) is 19.0 Å². The highest BCUT2D eigenvalue weighted by Crippen LogP contribution is 2.34. The van der Waals surface area contributed by atoms with Gasteiger partial charge in [0.2, 0.25) is 5.82 Å². The largest absolute Gasteiger partial charge is 0.451 e. The second-order valence-corrected chi connectivity index (χ2v) is 8.94. The smallest absolute Gasteiger partial charge is 0.349 e. The molecule has 1 aliphatic rings. The van der Waals surface area contributed by atoms with E-state index in [1.165, 1.54) is 17.0 Å². The summed E-state index contributed by atoms with van der Waals surface area (Å²) in [6.45, 7) is 7.14. The van der Waals surface area contributed by atoms with Crippen LogP contribution in [0.15, 0.2) is 29.3 Å². The normalized spacial score (nSPS) is 19.9. The molecule has 0 aromatic carbocycles. The predicted molar refractivity (Wildman–Crippen MR) is 127 cm³/mol. The molecule has 4 rings (SSSR count). The Morgan fingerprint density at radius 3 is 2.36 bits per heavy atom. The molecule has 4 heterocycles. The van der Waals surface area contributed by atoms with Gasteiger partial charge >= 0.3 is 11.9 Å². The molecule has 3 aromatic rings. The molecule has 0 aliphatic carbocycles. The van der Waals surface area contributed by atoms with Gasteiger partial charge in [0.05, 0.1) is 5.52 Å². The molecular weight excluding hydrogens is 473 g/mol. The van der Waals surface area contributed by atoms with Gasteiger partial charge in [0.1, 0.15) is 17.3 Å². The number of aromatic nitrogens is 5. The van der Waals surface area contributed by atoms with E-state index in [0.717, 1.165) is 12.8 Å². The molecule has 0 amide bonds. The minimum absolute atomic E-state index is 0.0187. The van der Waals surface area contributed by atoms with Crippen LogP contribution >= 0.6 is 0 Å². The molecule has 36 heavy (non-hydrogen) atoms. The van der Waals surface area contributed by atoms with Gasteiger partial charge in [-0.05, 0) is 31.9 Å². The van der Waals surface area contributed by atoms with Crippen LogP contribution in [0.2, 0.25) is 0 Å². The third kappa shape index (κ3) is 4.63. The summed E-state index contributed by atoms with van der Waals surface area (Å²) < 4.78 is 40.1. The van der Waals surface area contributed by atoms with E-state index in [-0.39, 0.29) is 23.8 Å². The number of alkyl halides is 3. The van der Waals surface area contributed by atoms with Crippen LogP contribution in [0.3, 0.4) is 0 Å². The number of anilines is 1. The molecule has 9 nitrogen and oxygen atoms in total. The van der Waals surface area contributed by atoms with Gasteiger partial charge in [0.15, 0.2) is 5.82 Å². The van der Waals surface area contributed by atoms with Gasteiger partial charge in [0, 0.05) is 56.2 Å². The fourth-order valence-corrected chi connectivity index (χ4v) is 4.78. The number of halogens is 3. The Hall–Kier alpha value is -3.59. The lowest BCUT2D eigenvalue weighted by Gasteiger charge is -2.49. The third-order valence-corrected chi connectivity index (χ3v) is 6.91. The maximum absolute atomic E-state index is 12.9. The van der Waals surface area contributed by atoms with Crippen LogP contribution in [0.5, 0.6) is 0 Å². The summed E-state index contributed by atoms with van der Waals surface area (Å²) in [5.41, 5.74) is 1.50. The lowest BCUT2D eigenvalue weighted by molar-refractivity contribution is -0.145. The SMILES string of the molecule is CCC1CN(c2nc(=O)n(C)c3ccc(C#N)nc23)[C@@H](CC)CN1C(C)c1cnc(C(F)(F)F)nc1. The number of hydrogen-bond acceptors (Lipinski definition) is 8. The highest BCUT2D eigenvalue weighted by molar-refractivity contribution is 5.86. The average molecular weight is 501 g/mol. The fraction of sp³-hybridized carbons (Fsp3) is 0.500. The van der Waals surface area contributed by atoms with E-state index in [9.17, 15) is 23.2 Å². The number of aryl methyl sites for hydroxylation is 1. The summed E-state index contributed by atoms with van der Waals surface area (Å²) in [6, 6.07) is 5.08. The Balaban J connectivity index is 1.70. The minimum atomic E-state index is -4.59. The van der Waals surface area contributed by atoms with Gasteiger partial charge in [-0.3, -0.25) is 9.47 Å². The number of nitrogens with zero attached hydrogens (tertiary/aromatic N) is 8. The van der Waals surface area contributed by atoms with Crippen LogP contribution in [0.1, 0.15) is 56.7 Å². The number of nitriles is 1. The summed E-state index contributed by atoms with van der Waals surface area (Å²) >= 11 is 0. The Bertz CT molecular complexity index is 1350. The van der Waals surface area contributed by atoms with E-state index in [1.54, 1.807) is 19.2 Å². The van der Waals surface area contributed by atoms with Crippen molar-refractivity contribution >= 4 is 16.9 Å². The van der Waals surface area contributed by atoms with E-state index < -0.39 is 17.7 Å². The zero-order valence-corrected chi connectivity index (χ0v) is 20.5. The lowest BCUT2D eigenvalue weighted by atomic mass is 9.98. The summed E-state index contributed by atoms with van der Waals surface area (Å²) in [7, 11) is 1.62. The summed E-state index contributed by atoms with van der Waals surface area (Å²) in [4.78, 5) is 32.9. The monoisotopic (exact) mass is 500 g/mol. The highest BCUT2D eigenvalue weighted by Gasteiger charge is 2.38. The number of pyridine rings is 1. The zero-order valence-electron chi connectivity index (χ0n) is 20.5. The molecule has 3 aromatic heterocycles. The van der Waals surface area contributed by atoms with E-state index in [1.807, 2.05) is 26.8 Å². The van der Waals surface area contributed by atoms with Gasteiger partial charge in [-0.15, -0.1) is 0 Å². The molecule has 0 spiro atoms. The van der Waals surface area contributed by atoms with Crippen LogP contribution < -0.4 is 10.6 Å². The van der Waals surface area contributed by atoms with Crippen molar-refractivity contribution in [2.24, 2.45) is 7.05 Å². The third-order valence-electron chi connectivity index (χ3n) is 6.91. The number of rotatable bonds is 5. The van der Waals surface area contributed by atoms with Gasteiger partial charge in [-0.1, -0.05) is 13.8 Å². The first-order chi connectivity index (χ1) is 17.1. The molecule has 0 radical (unpaired) electrons. The molecule has 0 saturated carbocycles. The summed E-state index contributed by atoms with van der Waals surface area (Å²) in [5, 5.41) is 9.37. The van der Waals surface area contributed by atoms with Crippen molar-refractivity contribution in [1.82, 2.24) is 29.4 Å². The topological polar surface area (TPSA) is 104 Å². The molecule has 1 fully saturated rings. The maximum Gasteiger partial charge on any atom is 0.451 e. The highest BCUT2D eigenvalue weighted by atomic mass is 19.4. The average Bonchev–Trinajstić information content (AvgIpc) is 2.88. The van der Waals surface area contributed by atoms with Crippen LogP contribution in [0, 0.1) is 11.3 Å². The van der Waals surface area contributed by atoms with Crippen molar-refractivity contribution in [2.45, 2.75) is 57.9 Å². The first-order valence-corrected chi connectivity index (χ1v) is 11.8. The van der Waals surface area contributed by atoms with Crippen molar-refractivity contribution < 1.29 is 13.2 Å². The molecular formula is C24H27F3N8O. The summed E-state index contributed by atoms with van der Waals surface area (Å²) in [6.07, 6.45) is -0.611. The van der Waals surface area contributed by atoms with Crippen molar-refractivity contribution in [1.29, 1.82) is 5.26 Å². The standard InChI is InChI=1S/C24H27F3N8O/c1-5-17-13-35(21-20-19(33(4)23(36)32-21)8-7-16(9-28)31-20)18(6-2)12-34(17)14(3)15-10-29-22(30-11-15)24(25,26)27/h7-8,10-11,14,17-18H,5-6,12-13H2,1-4H3/t14?,17?,18-/m0/s1. The van der Waals surface area contributed by atoms with Crippen LogP contribution in [0.25, 0.3) is 11.0 Å². The Morgan fingerprint density at radius 1 is 1.11 bits per heavy atom. The molecule has 3 atom stereocenters. The van der Waals surface area contributed by atoms with Crippen LogP contribution in [-0.2, 0) is 13.2 Å². The fourth-order valence-electron chi connectivity index (χ4n) is 4.78. The van der Waals surface area contributed by atoms with Gasteiger partial charge < -0.3 is 4.90 Å². The second-order valence-electron chi connectivity index (χ2n) is 8.94. The second kappa shape index (κ2) is 9.81. The molecule has 0 bridgehead atoms. The molecule has 1 saturated heterocycles. The first-order valence-electron chi connectivity index (χ1n) is 11.8. The van der Waals surface area contributed by atoms with Gasteiger partial charge in [0.25, 0.3) is 0 Å². The van der Waals surface area contributed by atoms with E-state index >= 15 is 0 Å². The Kier molecular flexibility index (Phi) is 6.95. The van der Waals surface area contributed by atoms with E-state index in [0.29, 0.717) is 35.5 Å². The van der Waals surface area contributed by atoms with Crippen molar-refractivity contribution in [3.8, 4) is 6.07 Å². The molecule has 12 heteroatoms. The van der Waals surface area contributed by atoms with E-state index in [4.69, 9.17) is 0 Å². The molecule has 2 unspecified atom stereocenters.